The summed E-state index contributed by atoms with van der Waals surface area (Å²) in [5.74, 6) is -0.00287. The lowest BCUT2D eigenvalue weighted by Gasteiger charge is -2.30. The van der Waals surface area contributed by atoms with Gasteiger partial charge in [0.15, 0.2) is 0 Å². The van der Waals surface area contributed by atoms with Crippen molar-refractivity contribution in [1.82, 2.24) is 15.1 Å². The van der Waals surface area contributed by atoms with E-state index in [-0.39, 0.29) is 18.0 Å². The molecule has 6 heteroatoms. The van der Waals surface area contributed by atoms with Crippen LogP contribution in [0.2, 0.25) is 0 Å². The number of hydrogen-bond donors (Lipinski definition) is 1. The van der Waals surface area contributed by atoms with Crippen LogP contribution in [0, 0.1) is 0 Å². The Kier molecular flexibility index (Phi) is 3.61. The minimum absolute atomic E-state index is 0.00287. The van der Waals surface area contributed by atoms with Crippen molar-refractivity contribution in [2.45, 2.75) is 12.6 Å². The Morgan fingerprint density at radius 2 is 2.00 bits per heavy atom. The molecule has 2 aliphatic rings. The third-order valence-corrected chi connectivity index (χ3v) is 5.23. The maximum atomic E-state index is 13.0. The molecular formula is C18H17N3O2S. The molecule has 3 heterocycles. The molecule has 24 heavy (non-hydrogen) atoms. The maximum absolute atomic E-state index is 13.0. The Bertz CT molecular complexity index is 814. The zero-order valence-electron chi connectivity index (χ0n) is 13.2. The molecule has 0 bridgehead atoms. The molecule has 0 aliphatic carbocycles. The van der Waals surface area contributed by atoms with E-state index < -0.39 is 0 Å². The zero-order chi connectivity index (χ0) is 16.7. The Balaban J connectivity index is 1.67. The van der Waals surface area contributed by atoms with E-state index in [2.05, 4.69) is 5.32 Å². The predicted octanol–water partition coefficient (Wildman–Crippen LogP) is 2.74. The van der Waals surface area contributed by atoms with Gasteiger partial charge in [-0.05, 0) is 28.0 Å². The maximum Gasteiger partial charge on any atom is 0.322 e. The number of benzene rings is 1. The Morgan fingerprint density at radius 1 is 1.21 bits per heavy atom. The van der Waals surface area contributed by atoms with Crippen LogP contribution in [0.4, 0.5) is 4.79 Å². The number of carbonyl (C=O) groups excluding carboxylic acids is 2. The third-order valence-electron chi connectivity index (χ3n) is 4.53. The van der Waals surface area contributed by atoms with E-state index in [4.69, 9.17) is 0 Å². The van der Waals surface area contributed by atoms with Crippen LogP contribution in [0.15, 0.2) is 58.4 Å². The molecule has 3 amide bonds. The minimum Gasteiger partial charge on any atom is -0.329 e. The average molecular weight is 339 g/mol. The summed E-state index contributed by atoms with van der Waals surface area (Å²) in [5.41, 5.74) is 3.53. The summed E-state index contributed by atoms with van der Waals surface area (Å²) >= 11 is 1.56. The van der Waals surface area contributed by atoms with Crippen molar-refractivity contribution in [3.05, 3.63) is 69.6 Å². The molecule has 0 saturated carbocycles. The van der Waals surface area contributed by atoms with Gasteiger partial charge in [-0.3, -0.25) is 9.69 Å². The Morgan fingerprint density at radius 3 is 2.71 bits per heavy atom. The summed E-state index contributed by atoms with van der Waals surface area (Å²) in [7, 11) is 1.72. The van der Waals surface area contributed by atoms with Gasteiger partial charge in [0.1, 0.15) is 0 Å². The minimum atomic E-state index is -0.358. The molecule has 1 N–H and O–H groups in total. The summed E-state index contributed by atoms with van der Waals surface area (Å²) in [6.07, 6.45) is 0. The molecule has 0 spiro atoms. The van der Waals surface area contributed by atoms with Gasteiger partial charge < -0.3 is 10.2 Å². The molecule has 1 aromatic carbocycles. The molecule has 1 atom stereocenters. The lowest BCUT2D eigenvalue weighted by Crippen LogP contribution is -2.45. The summed E-state index contributed by atoms with van der Waals surface area (Å²) in [6.45, 7) is 1.01. The molecule has 2 aliphatic heterocycles. The highest BCUT2D eigenvalue weighted by atomic mass is 32.1. The normalized spacial score (nSPS) is 20.5. The van der Waals surface area contributed by atoms with Crippen LogP contribution in [0.5, 0.6) is 0 Å². The van der Waals surface area contributed by atoms with Crippen LogP contribution < -0.4 is 5.32 Å². The van der Waals surface area contributed by atoms with Crippen molar-refractivity contribution in [3.63, 3.8) is 0 Å². The second-order valence-corrected chi connectivity index (χ2v) is 6.79. The van der Waals surface area contributed by atoms with Gasteiger partial charge in [-0.2, -0.15) is 11.3 Å². The standard InChI is InChI=1S/C18H17N3O2S/c1-20-14-10-21(9-12-5-3-2-4-6-12)17(22)15(14)16(19-18(20)23)13-7-8-24-11-13/h2-8,11,16H,9-10H2,1H3,(H,19,23). The number of amides is 3. The van der Waals surface area contributed by atoms with Gasteiger partial charge in [0.25, 0.3) is 5.91 Å². The summed E-state index contributed by atoms with van der Waals surface area (Å²) < 4.78 is 0. The molecular weight excluding hydrogens is 322 g/mol. The second-order valence-electron chi connectivity index (χ2n) is 6.01. The molecule has 2 aromatic rings. The quantitative estimate of drug-likeness (QED) is 0.935. The van der Waals surface area contributed by atoms with Gasteiger partial charge in [-0.25, -0.2) is 4.79 Å². The highest BCUT2D eigenvalue weighted by molar-refractivity contribution is 7.08. The van der Waals surface area contributed by atoms with Gasteiger partial charge >= 0.3 is 6.03 Å². The molecule has 0 radical (unpaired) electrons. The average Bonchev–Trinajstić information content (AvgIpc) is 3.22. The Hall–Kier alpha value is -2.60. The molecule has 1 aromatic heterocycles. The van der Waals surface area contributed by atoms with Gasteiger partial charge in [-0.1, -0.05) is 30.3 Å². The van der Waals surface area contributed by atoms with E-state index in [9.17, 15) is 9.59 Å². The molecule has 122 valence electrons. The van der Waals surface area contributed by atoms with Crippen LogP contribution in [0.25, 0.3) is 0 Å². The van der Waals surface area contributed by atoms with Crippen molar-refractivity contribution >= 4 is 23.3 Å². The molecule has 4 rings (SSSR count). The summed E-state index contributed by atoms with van der Waals surface area (Å²) in [6, 6.07) is 11.3. The first kappa shape index (κ1) is 15.0. The first-order chi connectivity index (χ1) is 11.6. The van der Waals surface area contributed by atoms with Crippen molar-refractivity contribution in [1.29, 1.82) is 0 Å². The van der Waals surface area contributed by atoms with Crippen molar-refractivity contribution < 1.29 is 9.59 Å². The number of nitrogens with zero attached hydrogens (tertiary/aromatic N) is 2. The first-order valence-electron chi connectivity index (χ1n) is 7.77. The van der Waals surface area contributed by atoms with E-state index in [1.54, 1.807) is 28.2 Å². The van der Waals surface area contributed by atoms with Gasteiger partial charge in [0.05, 0.1) is 23.9 Å². The topological polar surface area (TPSA) is 52.7 Å². The predicted molar refractivity (Wildman–Crippen MR) is 92.2 cm³/mol. The van der Waals surface area contributed by atoms with Crippen molar-refractivity contribution in [2.75, 3.05) is 13.6 Å². The second kappa shape index (κ2) is 5.79. The third kappa shape index (κ3) is 2.39. The molecule has 0 saturated heterocycles. The zero-order valence-corrected chi connectivity index (χ0v) is 14.0. The fraction of sp³-hybridized carbons (Fsp3) is 0.222. The Labute approximate surface area is 144 Å². The number of nitrogens with one attached hydrogen (secondary N) is 1. The van der Waals surface area contributed by atoms with Crippen molar-refractivity contribution in [2.24, 2.45) is 0 Å². The van der Waals surface area contributed by atoms with Crippen molar-refractivity contribution in [3.8, 4) is 0 Å². The summed E-state index contributed by atoms with van der Waals surface area (Å²) in [4.78, 5) is 28.6. The van der Waals surface area contributed by atoms with E-state index in [1.807, 2.05) is 47.2 Å². The number of hydrogen-bond acceptors (Lipinski definition) is 3. The first-order valence-corrected chi connectivity index (χ1v) is 8.72. The SMILES string of the molecule is CN1C(=O)NC(c2ccsc2)C2=C1CN(Cc1ccccc1)C2=O. The van der Waals surface area contributed by atoms with E-state index in [0.717, 1.165) is 16.8 Å². The smallest absolute Gasteiger partial charge is 0.322 e. The van der Waals surface area contributed by atoms with Crippen LogP contribution in [0.3, 0.4) is 0 Å². The lowest BCUT2D eigenvalue weighted by atomic mass is 9.98. The van der Waals surface area contributed by atoms with Crippen LogP contribution >= 0.6 is 11.3 Å². The lowest BCUT2D eigenvalue weighted by molar-refractivity contribution is -0.126. The monoisotopic (exact) mass is 339 g/mol. The fourth-order valence-electron chi connectivity index (χ4n) is 3.24. The van der Waals surface area contributed by atoms with Gasteiger partial charge in [-0.15, -0.1) is 0 Å². The molecule has 5 nitrogen and oxygen atoms in total. The molecule has 0 fully saturated rings. The van der Waals surface area contributed by atoms with Crippen LogP contribution in [-0.2, 0) is 11.3 Å². The fourth-order valence-corrected chi connectivity index (χ4v) is 3.93. The van der Waals surface area contributed by atoms with Gasteiger partial charge in [0, 0.05) is 13.6 Å². The number of urea groups is 1. The van der Waals surface area contributed by atoms with Crippen LogP contribution in [-0.4, -0.2) is 35.3 Å². The van der Waals surface area contributed by atoms with E-state index in [1.165, 1.54) is 0 Å². The molecule has 1 unspecified atom stereocenters. The van der Waals surface area contributed by atoms with E-state index >= 15 is 0 Å². The van der Waals surface area contributed by atoms with Gasteiger partial charge in [0.2, 0.25) is 0 Å². The number of rotatable bonds is 3. The number of carbonyl (C=O) groups is 2. The summed E-state index contributed by atoms with van der Waals surface area (Å²) in [5, 5.41) is 6.88. The number of thiophene rings is 1. The van der Waals surface area contributed by atoms with Crippen LogP contribution in [0.1, 0.15) is 17.2 Å². The van der Waals surface area contributed by atoms with E-state index in [0.29, 0.717) is 18.7 Å². The highest BCUT2D eigenvalue weighted by Crippen LogP contribution is 2.36. The number of likely N-dealkylation sites (N-methyl/N-ethyl adjacent to an activating group) is 1. The largest absolute Gasteiger partial charge is 0.329 e. The highest BCUT2D eigenvalue weighted by Gasteiger charge is 2.42.